The number of nitrogens with two attached hydrogens (primary N) is 1. The van der Waals surface area contributed by atoms with Gasteiger partial charge in [0.25, 0.3) is 0 Å². The minimum Gasteiger partial charge on any atom is -0.327 e. The van der Waals surface area contributed by atoms with Gasteiger partial charge in [-0.2, -0.15) is 0 Å². The van der Waals surface area contributed by atoms with Gasteiger partial charge in [0.1, 0.15) is 0 Å². The number of hydrogen-bond acceptors (Lipinski definition) is 3. The van der Waals surface area contributed by atoms with Gasteiger partial charge in [-0.05, 0) is 18.8 Å². The van der Waals surface area contributed by atoms with E-state index in [1.54, 1.807) is 11.3 Å². The summed E-state index contributed by atoms with van der Waals surface area (Å²) in [6, 6.07) is 0.242. The number of nitrogens with zero attached hydrogens (tertiary/aromatic N) is 1. The summed E-state index contributed by atoms with van der Waals surface area (Å²) in [6.07, 6.45) is 3.18. The Hall–Kier alpha value is -0.410. The van der Waals surface area contributed by atoms with Crippen molar-refractivity contribution < 1.29 is 0 Å². The summed E-state index contributed by atoms with van der Waals surface area (Å²) < 4.78 is 0. The van der Waals surface area contributed by atoms with E-state index in [0.717, 1.165) is 12.8 Å². The molecular formula is C11H20N2S. The fourth-order valence-corrected chi connectivity index (χ4v) is 2.16. The van der Waals surface area contributed by atoms with E-state index >= 15 is 0 Å². The first-order chi connectivity index (χ1) is 6.63. The molecule has 80 valence electrons. The van der Waals surface area contributed by atoms with E-state index in [0.29, 0.717) is 5.92 Å². The van der Waals surface area contributed by atoms with Crippen LogP contribution in [0.15, 0.2) is 5.38 Å². The van der Waals surface area contributed by atoms with Crippen LogP contribution in [0.1, 0.15) is 37.9 Å². The normalized spacial score (nSPS) is 13.5. The van der Waals surface area contributed by atoms with Gasteiger partial charge < -0.3 is 5.73 Å². The second-order valence-electron chi connectivity index (χ2n) is 4.09. The molecule has 3 heteroatoms. The zero-order valence-corrected chi connectivity index (χ0v) is 10.1. The third-order valence-electron chi connectivity index (χ3n) is 2.36. The van der Waals surface area contributed by atoms with Gasteiger partial charge in [0, 0.05) is 17.8 Å². The fraction of sp³-hybridized carbons (Fsp3) is 0.727. The molecule has 0 saturated carbocycles. The first kappa shape index (κ1) is 11.7. The molecule has 2 N–H and O–H groups in total. The second kappa shape index (κ2) is 5.47. The number of rotatable bonds is 5. The summed E-state index contributed by atoms with van der Waals surface area (Å²) in [7, 11) is 0. The topological polar surface area (TPSA) is 38.9 Å². The van der Waals surface area contributed by atoms with Crippen molar-refractivity contribution in [3.63, 3.8) is 0 Å². The molecule has 1 aromatic rings. The molecule has 0 aromatic carbocycles. The van der Waals surface area contributed by atoms with Gasteiger partial charge in [-0.3, -0.25) is 0 Å². The number of aromatic nitrogens is 1. The zero-order chi connectivity index (χ0) is 10.6. The van der Waals surface area contributed by atoms with E-state index in [-0.39, 0.29) is 6.04 Å². The monoisotopic (exact) mass is 212 g/mol. The molecule has 14 heavy (non-hydrogen) atoms. The van der Waals surface area contributed by atoms with Crippen LogP contribution in [0.25, 0.3) is 0 Å². The third-order valence-corrected chi connectivity index (χ3v) is 3.32. The van der Waals surface area contributed by atoms with Gasteiger partial charge in [0.2, 0.25) is 0 Å². The SMILES string of the molecule is CCCc1nc(CC(N)C(C)C)cs1. The van der Waals surface area contributed by atoms with Crippen molar-refractivity contribution in [3.8, 4) is 0 Å². The molecule has 0 aliphatic rings. The smallest absolute Gasteiger partial charge is 0.0928 e. The summed E-state index contributed by atoms with van der Waals surface area (Å²) >= 11 is 1.76. The standard InChI is InChI=1S/C11H20N2S/c1-4-5-11-13-9(7-14-11)6-10(12)8(2)3/h7-8,10H,4-6,12H2,1-3H3. The summed E-state index contributed by atoms with van der Waals surface area (Å²) in [5.74, 6) is 0.534. The van der Waals surface area contributed by atoms with Crippen LogP contribution >= 0.6 is 11.3 Å². The van der Waals surface area contributed by atoms with E-state index in [1.807, 2.05) is 0 Å². The van der Waals surface area contributed by atoms with Crippen molar-refractivity contribution in [2.75, 3.05) is 0 Å². The number of hydrogen-bond donors (Lipinski definition) is 1. The molecule has 1 aromatic heterocycles. The van der Waals surface area contributed by atoms with Crippen LogP contribution in [0, 0.1) is 5.92 Å². The first-order valence-electron chi connectivity index (χ1n) is 5.32. The molecule has 1 atom stereocenters. The summed E-state index contributed by atoms with van der Waals surface area (Å²) in [5, 5.41) is 3.39. The van der Waals surface area contributed by atoms with Crippen molar-refractivity contribution in [1.29, 1.82) is 0 Å². The van der Waals surface area contributed by atoms with Gasteiger partial charge >= 0.3 is 0 Å². The minimum atomic E-state index is 0.242. The lowest BCUT2D eigenvalue weighted by Gasteiger charge is -2.13. The van der Waals surface area contributed by atoms with Crippen molar-refractivity contribution in [3.05, 3.63) is 16.1 Å². The molecule has 1 heterocycles. The predicted octanol–water partition coefficient (Wildman–Crippen LogP) is 2.62. The van der Waals surface area contributed by atoms with E-state index in [4.69, 9.17) is 5.73 Å². The Morgan fingerprint density at radius 1 is 1.50 bits per heavy atom. The Morgan fingerprint density at radius 2 is 2.21 bits per heavy atom. The number of thiazole rings is 1. The van der Waals surface area contributed by atoms with Gasteiger partial charge in [0.15, 0.2) is 0 Å². The van der Waals surface area contributed by atoms with Crippen LogP contribution in [0.3, 0.4) is 0 Å². The summed E-state index contributed by atoms with van der Waals surface area (Å²) in [4.78, 5) is 4.56. The van der Waals surface area contributed by atoms with Crippen molar-refractivity contribution >= 4 is 11.3 Å². The Kier molecular flexibility index (Phi) is 4.55. The van der Waals surface area contributed by atoms with Crippen LogP contribution in [0.5, 0.6) is 0 Å². The maximum Gasteiger partial charge on any atom is 0.0928 e. The molecule has 0 spiro atoms. The van der Waals surface area contributed by atoms with Crippen LogP contribution in [-0.2, 0) is 12.8 Å². The average Bonchev–Trinajstić information content (AvgIpc) is 2.53. The Balaban J connectivity index is 2.50. The van der Waals surface area contributed by atoms with Crippen LogP contribution < -0.4 is 5.73 Å². The van der Waals surface area contributed by atoms with E-state index < -0.39 is 0 Å². The van der Waals surface area contributed by atoms with Gasteiger partial charge in [-0.25, -0.2) is 4.98 Å². The molecule has 1 unspecified atom stereocenters. The lowest BCUT2D eigenvalue weighted by Crippen LogP contribution is -2.28. The molecule has 0 radical (unpaired) electrons. The second-order valence-corrected chi connectivity index (χ2v) is 5.04. The minimum absolute atomic E-state index is 0.242. The van der Waals surface area contributed by atoms with Crippen molar-refractivity contribution in [1.82, 2.24) is 4.98 Å². The van der Waals surface area contributed by atoms with Crippen LogP contribution in [0.2, 0.25) is 0 Å². The highest BCUT2D eigenvalue weighted by molar-refractivity contribution is 7.09. The molecule has 2 nitrogen and oxygen atoms in total. The highest BCUT2D eigenvalue weighted by Gasteiger charge is 2.10. The Bertz CT molecular complexity index is 268. The van der Waals surface area contributed by atoms with Crippen LogP contribution in [0.4, 0.5) is 0 Å². The van der Waals surface area contributed by atoms with Gasteiger partial charge in [-0.1, -0.05) is 20.8 Å². The highest BCUT2D eigenvalue weighted by atomic mass is 32.1. The Labute approximate surface area is 90.6 Å². The van der Waals surface area contributed by atoms with E-state index in [1.165, 1.54) is 17.1 Å². The highest BCUT2D eigenvalue weighted by Crippen LogP contribution is 2.14. The lowest BCUT2D eigenvalue weighted by atomic mass is 10.0. The van der Waals surface area contributed by atoms with Crippen molar-refractivity contribution in [2.24, 2.45) is 11.7 Å². The number of aryl methyl sites for hydroxylation is 1. The summed E-state index contributed by atoms with van der Waals surface area (Å²) in [6.45, 7) is 6.49. The molecular weight excluding hydrogens is 192 g/mol. The first-order valence-corrected chi connectivity index (χ1v) is 6.20. The van der Waals surface area contributed by atoms with Gasteiger partial charge in [-0.15, -0.1) is 11.3 Å². The maximum atomic E-state index is 6.00. The molecule has 0 aliphatic heterocycles. The van der Waals surface area contributed by atoms with Crippen molar-refractivity contribution in [2.45, 2.75) is 46.1 Å². The fourth-order valence-electron chi connectivity index (χ4n) is 1.25. The van der Waals surface area contributed by atoms with E-state index in [2.05, 4.69) is 31.1 Å². The Morgan fingerprint density at radius 3 is 2.79 bits per heavy atom. The zero-order valence-electron chi connectivity index (χ0n) is 9.29. The van der Waals surface area contributed by atoms with Gasteiger partial charge in [0.05, 0.1) is 10.7 Å². The largest absolute Gasteiger partial charge is 0.327 e. The average molecular weight is 212 g/mol. The van der Waals surface area contributed by atoms with Crippen LogP contribution in [-0.4, -0.2) is 11.0 Å². The predicted molar refractivity (Wildman–Crippen MR) is 62.6 cm³/mol. The lowest BCUT2D eigenvalue weighted by molar-refractivity contribution is 0.487. The quantitative estimate of drug-likeness (QED) is 0.815. The molecule has 0 aliphatic carbocycles. The molecule has 0 amide bonds. The summed E-state index contributed by atoms with van der Waals surface area (Å²) in [5.41, 5.74) is 7.16. The molecule has 0 fully saturated rings. The molecule has 1 rings (SSSR count). The maximum absolute atomic E-state index is 6.00. The molecule has 0 saturated heterocycles. The third kappa shape index (κ3) is 3.39. The molecule has 0 bridgehead atoms. The van der Waals surface area contributed by atoms with E-state index in [9.17, 15) is 0 Å².